The second-order valence-corrected chi connectivity index (χ2v) is 5.40. The summed E-state index contributed by atoms with van der Waals surface area (Å²) < 4.78 is 0. The van der Waals surface area contributed by atoms with Crippen LogP contribution in [-0.2, 0) is 11.8 Å². The molecule has 1 aromatic rings. The van der Waals surface area contributed by atoms with E-state index in [2.05, 4.69) is 31.2 Å². The first-order valence-corrected chi connectivity index (χ1v) is 6.58. The van der Waals surface area contributed by atoms with Gasteiger partial charge in [0.1, 0.15) is 0 Å². The number of nitrogens with two attached hydrogens (primary N) is 1. The van der Waals surface area contributed by atoms with Crippen molar-refractivity contribution in [2.75, 3.05) is 6.54 Å². The van der Waals surface area contributed by atoms with Crippen LogP contribution in [0.25, 0.3) is 0 Å². The molecule has 17 heavy (non-hydrogen) atoms. The lowest BCUT2D eigenvalue weighted by atomic mass is 9.62. The molecule has 2 nitrogen and oxygen atoms in total. The zero-order chi connectivity index (χ0) is 12.5. The lowest BCUT2D eigenvalue weighted by Crippen LogP contribution is -2.47. The number of hydrogen-bond donors (Lipinski definition) is 2. The van der Waals surface area contributed by atoms with Crippen molar-refractivity contribution in [3.05, 3.63) is 35.4 Å². The van der Waals surface area contributed by atoms with Crippen molar-refractivity contribution in [2.24, 2.45) is 11.7 Å². The first-order valence-electron chi connectivity index (χ1n) is 6.58. The van der Waals surface area contributed by atoms with E-state index in [-0.39, 0.29) is 17.4 Å². The van der Waals surface area contributed by atoms with Gasteiger partial charge >= 0.3 is 0 Å². The highest BCUT2D eigenvalue weighted by atomic mass is 16.3. The SMILES string of the molecule is CC(O)C(C)C1(CN)CCCc2ccccc21. The summed E-state index contributed by atoms with van der Waals surface area (Å²) in [6.45, 7) is 4.62. The number of fused-ring (bicyclic) bond motifs is 1. The summed E-state index contributed by atoms with van der Waals surface area (Å²) in [6, 6.07) is 8.58. The Morgan fingerprint density at radius 1 is 1.35 bits per heavy atom. The maximum atomic E-state index is 9.94. The van der Waals surface area contributed by atoms with Gasteiger partial charge in [-0.1, -0.05) is 31.2 Å². The quantitative estimate of drug-likeness (QED) is 0.841. The van der Waals surface area contributed by atoms with E-state index in [9.17, 15) is 5.11 Å². The van der Waals surface area contributed by atoms with Crippen molar-refractivity contribution < 1.29 is 5.11 Å². The molecule has 1 aromatic carbocycles. The van der Waals surface area contributed by atoms with Crippen LogP contribution in [0.4, 0.5) is 0 Å². The molecule has 2 heteroatoms. The van der Waals surface area contributed by atoms with Gasteiger partial charge in [-0.05, 0) is 43.2 Å². The van der Waals surface area contributed by atoms with Crippen LogP contribution < -0.4 is 5.73 Å². The van der Waals surface area contributed by atoms with Gasteiger partial charge in [-0.2, -0.15) is 0 Å². The molecule has 1 aliphatic rings. The molecule has 0 amide bonds. The highest BCUT2D eigenvalue weighted by Crippen LogP contribution is 2.43. The molecule has 0 bridgehead atoms. The van der Waals surface area contributed by atoms with Crippen molar-refractivity contribution in [1.82, 2.24) is 0 Å². The Morgan fingerprint density at radius 2 is 2.06 bits per heavy atom. The summed E-state index contributed by atoms with van der Waals surface area (Å²) in [4.78, 5) is 0. The largest absolute Gasteiger partial charge is 0.393 e. The zero-order valence-corrected chi connectivity index (χ0v) is 10.8. The van der Waals surface area contributed by atoms with Crippen molar-refractivity contribution in [3.8, 4) is 0 Å². The lowest BCUT2D eigenvalue weighted by Gasteiger charge is -2.44. The van der Waals surface area contributed by atoms with Crippen LogP contribution in [0.2, 0.25) is 0 Å². The molecule has 0 saturated heterocycles. The van der Waals surface area contributed by atoms with Crippen LogP contribution in [0.5, 0.6) is 0 Å². The molecule has 0 fully saturated rings. The van der Waals surface area contributed by atoms with E-state index < -0.39 is 0 Å². The molecule has 0 heterocycles. The van der Waals surface area contributed by atoms with Crippen molar-refractivity contribution in [2.45, 2.75) is 44.6 Å². The fraction of sp³-hybridized carbons (Fsp3) is 0.600. The minimum atomic E-state index is -0.315. The topological polar surface area (TPSA) is 46.2 Å². The van der Waals surface area contributed by atoms with E-state index in [1.54, 1.807) is 0 Å². The zero-order valence-electron chi connectivity index (χ0n) is 10.8. The first kappa shape index (κ1) is 12.6. The lowest BCUT2D eigenvalue weighted by molar-refractivity contribution is 0.0746. The van der Waals surface area contributed by atoms with E-state index in [1.807, 2.05) is 6.92 Å². The maximum absolute atomic E-state index is 9.94. The predicted molar refractivity (Wildman–Crippen MR) is 71.0 cm³/mol. The molecule has 94 valence electrons. The number of aryl methyl sites for hydroxylation is 1. The van der Waals surface area contributed by atoms with Gasteiger partial charge in [0.25, 0.3) is 0 Å². The minimum absolute atomic E-state index is 0.0387. The first-order chi connectivity index (χ1) is 8.12. The van der Waals surface area contributed by atoms with Gasteiger partial charge in [0.15, 0.2) is 0 Å². The van der Waals surface area contributed by atoms with Crippen molar-refractivity contribution >= 4 is 0 Å². The van der Waals surface area contributed by atoms with Gasteiger partial charge in [-0.25, -0.2) is 0 Å². The van der Waals surface area contributed by atoms with Gasteiger partial charge in [0.05, 0.1) is 6.10 Å². The fourth-order valence-electron chi connectivity index (χ4n) is 3.29. The molecule has 0 aliphatic heterocycles. The molecule has 0 radical (unpaired) electrons. The Labute approximate surface area is 104 Å². The highest BCUT2D eigenvalue weighted by Gasteiger charge is 2.41. The molecular weight excluding hydrogens is 210 g/mol. The summed E-state index contributed by atoms with van der Waals surface area (Å²) in [5, 5.41) is 9.94. The van der Waals surface area contributed by atoms with Crippen LogP contribution in [0.15, 0.2) is 24.3 Å². The third-order valence-corrected chi connectivity index (χ3v) is 4.58. The van der Waals surface area contributed by atoms with Crippen molar-refractivity contribution in [3.63, 3.8) is 0 Å². The highest BCUT2D eigenvalue weighted by molar-refractivity contribution is 5.38. The Hall–Kier alpha value is -0.860. The van der Waals surface area contributed by atoms with E-state index in [0.717, 1.165) is 12.8 Å². The number of aliphatic hydroxyl groups excluding tert-OH is 1. The molecule has 1 aliphatic carbocycles. The van der Waals surface area contributed by atoms with E-state index in [0.29, 0.717) is 6.54 Å². The van der Waals surface area contributed by atoms with Gasteiger partial charge in [0.2, 0.25) is 0 Å². The summed E-state index contributed by atoms with van der Waals surface area (Å²) >= 11 is 0. The molecular formula is C15H23NO. The van der Waals surface area contributed by atoms with Gasteiger partial charge in [-0.3, -0.25) is 0 Å². The van der Waals surface area contributed by atoms with Gasteiger partial charge in [-0.15, -0.1) is 0 Å². The minimum Gasteiger partial charge on any atom is -0.393 e. The summed E-state index contributed by atoms with van der Waals surface area (Å²) in [7, 11) is 0. The standard InChI is InChI=1S/C15H23NO/c1-11(12(2)17)15(10-16)9-5-7-13-6-3-4-8-14(13)15/h3-4,6,8,11-12,17H,5,7,9-10,16H2,1-2H3. The normalized spacial score (nSPS) is 27.3. The average molecular weight is 233 g/mol. The second-order valence-electron chi connectivity index (χ2n) is 5.40. The summed E-state index contributed by atoms with van der Waals surface area (Å²) in [5.74, 6) is 0.203. The van der Waals surface area contributed by atoms with Crippen LogP contribution in [0, 0.1) is 5.92 Å². The molecule has 0 aromatic heterocycles. The third-order valence-electron chi connectivity index (χ3n) is 4.58. The molecule has 2 rings (SSSR count). The van der Waals surface area contributed by atoms with Crippen molar-refractivity contribution in [1.29, 1.82) is 0 Å². The number of aliphatic hydroxyl groups is 1. The molecule has 3 atom stereocenters. The summed E-state index contributed by atoms with van der Waals surface area (Å²) in [6.07, 6.45) is 3.09. The number of benzene rings is 1. The molecule has 3 N–H and O–H groups in total. The van der Waals surface area contributed by atoms with E-state index in [1.165, 1.54) is 17.5 Å². The Morgan fingerprint density at radius 3 is 2.71 bits per heavy atom. The fourth-order valence-corrected chi connectivity index (χ4v) is 3.29. The maximum Gasteiger partial charge on any atom is 0.0546 e. The summed E-state index contributed by atoms with van der Waals surface area (Å²) in [5.41, 5.74) is 8.82. The Kier molecular flexibility index (Phi) is 3.55. The molecule has 0 saturated carbocycles. The smallest absolute Gasteiger partial charge is 0.0546 e. The molecule has 0 spiro atoms. The molecule has 3 unspecified atom stereocenters. The predicted octanol–water partition coefficient (Wildman–Crippen LogP) is 2.24. The third kappa shape index (κ3) is 2.00. The monoisotopic (exact) mass is 233 g/mol. The van der Waals surface area contributed by atoms with E-state index >= 15 is 0 Å². The second kappa shape index (κ2) is 4.79. The van der Waals surface area contributed by atoms with Crippen LogP contribution in [-0.4, -0.2) is 17.8 Å². The van der Waals surface area contributed by atoms with Gasteiger partial charge < -0.3 is 10.8 Å². The Bertz CT molecular complexity index is 388. The number of hydrogen-bond acceptors (Lipinski definition) is 2. The van der Waals surface area contributed by atoms with Gasteiger partial charge in [0, 0.05) is 12.0 Å². The van der Waals surface area contributed by atoms with E-state index in [4.69, 9.17) is 5.73 Å². The average Bonchev–Trinajstić information content (AvgIpc) is 2.37. The number of rotatable bonds is 3. The van der Waals surface area contributed by atoms with Crippen LogP contribution in [0.1, 0.15) is 37.8 Å². The Balaban J connectivity index is 2.49. The van der Waals surface area contributed by atoms with Crippen LogP contribution in [0.3, 0.4) is 0 Å². The van der Waals surface area contributed by atoms with Crippen LogP contribution >= 0.6 is 0 Å².